The van der Waals surface area contributed by atoms with Crippen LogP contribution in [0.1, 0.15) is 27.1 Å². The lowest BCUT2D eigenvalue weighted by atomic mass is 10.1. The second-order valence-corrected chi connectivity index (χ2v) is 5.41. The number of amides is 3. The van der Waals surface area contributed by atoms with E-state index in [0.717, 1.165) is 5.75 Å². The lowest BCUT2D eigenvalue weighted by Crippen LogP contribution is -2.36. The largest absolute Gasteiger partial charge is 0.325 e. The molecule has 1 aliphatic heterocycles. The Kier molecular flexibility index (Phi) is 4.41. The van der Waals surface area contributed by atoms with Gasteiger partial charge in [-0.2, -0.15) is 11.8 Å². The van der Waals surface area contributed by atoms with Crippen LogP contribution in [0.2, 0.25) is 0 Å². The van der Waals surface area contributed by atoms with E-state index in [1.54, 1.807) is 17.8 Å². The van der Waals surface area contributed by atoms with Crippen molar-refractivity contribution >= 4 is 35.2 Å². The van der Waals surface area contributed by atoms with Crippen LogP contribution in [0.3, 0.4) is 0 Å². The van der Waals surface area contributed by atoms with Crippen LogP contribution in [0.5, 0.6) is 0 Å². The summed E-state index contributed by atoms with van der Waals surface area (Å²) in [5, 5.41) is 4.85. The molecule has 2 rings (SSSR count). The summed E-state index contributed by atoms with van der Waals surface area (Å²) >= 11 is 1.62. The summed E-state index contributed by atoms with van der Waals surface area (Å²) in [4.78, 5) is 34.8. The minimum Gasteiger partial charge on any atom is -0.325 e. The molecule has 20 heavy (non-hydrogen) atoms. The predicted molar refractivity (Wildman–Crippen MR) is 77.8 cm³/mol. The Morgan fingerprint density at radius 1 is 1.35 bits per heavy atom. The third-order valence-corrected chi connectivity index (χ3v) is 3.62. The standard InChI is InChI=1S/C13H15N3O3S/c1-20-5-4-10(14)13(19)15-7-2-3-8-9(6-7)12(18)16-11(8)17/h2-3,6,10H,4-5,14H2,1H3,(H,15,19)(H,16,17,18)/t10-/m0/s1. The Morgan fingerprint density at radius 2 is 2.05 bits per heavy atom. The van der Waals surface area contributed by atoms with E-state index in [4.69, 9.17) is 5.73 Å². The molecule has 4 N–H and O–H groups in total. The van der Waals surface area contributed by atoms with Crippen LogP contribution in [0.4, 0.5) is 5.69 Å². The first kappa shape index (κ1) is 14.5. The molecule has 0 radical (unpaired) electrons. The number of nitrogens with two attached hydrogens (primary N) is 1. The summed E-state index contributed by atoms with van der Waals surface area (Å²) in [5.74, 6) is -0.369. The zero-order valence-electron chi connectivity index (χ0n) is 10.9. The maximum absolute atomic E-state index is 11.9. The number of hydrogen-bond acceptors (Lipinski definition) is 5. The van der Waals surface area contributed by atoms with Gasteiger partial charge in [0.05, 0.1) is 17.2 Å². The summed E-state index contributed by atoms with van der Waals surface area (Å²) in [6, 6.07) is 3.98. The molecule has 0 aliphatic carbocycles. The summed E-state index contributed by atoms with van der Waals surface area (Å²) in [6.45, 7) is 0. The predicted octanol–water partition coefficient (Wildman–Crippen LogP) is 0.589. The van der Waals surface area contributed by atoms with Crippen LogP contribution in [-0.4, -0.2) is 35.8 Å². The van der Waals surface area contributed by atoms with Crippen LogP contribution < -0.4 is 16.4 Å². The highest BCUT2D eigenvalue weighted by molar-refractivity contribution is 7.98. The van der Waals surface area contributed by atoms with Crippen LogP contribution in [0.25, 0.3) is 0 Å². The van der Waals surface area contributed by atoms with Gasteiger partial charge in [0, 0.05) is 5.69 Å². The van der Waals surface area contributed by atoms with E-state index >= 15 is 0 Å². The highest BCUT2D eigenvalue weighted by atomic mass is 32.2. The maximum Gasteiger partial charge on any atom is 0.259 e. The number of thioether (sulfide) groups is 1. The second kappa shape index (κ2) is 6.06. The molecule has 3 amide bonds. The number of nitrogens with one attached hydrogen (secondary N) is 2. The quantitative estimate of drug-likeness (QED) is 0.690. The molecule has 0 fully saturated rings. The van der Waals surface area contributed by atoms with E-state index in [2.05, 4.69) is 10.6 Å². The fraction of sp³-hybridized carbons (Fsp3) is 0.308. The molecule has 0 bridgehead atoms. The molecule has 0 saturated carbocycles. The highest BCUT2D eigenvalue weighted by Gasteiger charge is 2.27. The van der Waals surface area contributed by atoms with E-state index in [9.17, 15) is 14.4 Å². The van der Waals surface area contributed by atoms with Crippen LogP contribution in [0.15, 0.2) is 18.2 Å². The van der Waals surface area contributed by atoms with E-state index < -0.39 is 17.9 Å². The van der Waals surface area contributed by atoms with Crippen LogP contribution in [0, 0.1) is 0 Å². The molecule has 7 heteroatoms. The highest BCUT2D eigenvalue weighted by Crippen LogP contribution is 2.20. The van der Waals surface area contributed by atoms with Crippen molar-refractivity contribution in [2.45, 2.75) is 12.5 Å². The minimum absolute atomic E-state index is 0.269. The molecule has 106 valence electrons. The number of imide groups is 1. The molecule has 1 heterocycles. The molecular weight excluding hydrogens is 278 g/mol. The van der Waals surface area contributed by atoms with Gasteiger partial charge in [-0.15, -0.1) is 0 Å². The molecule has 0 aromatic heterocycles. The SMILES string of the molecule is CSCC[C@H](N)C(=O)Nc1ccc2c(c1)C(=O)NC2=O. The van der Waals surface area contributed by atoms with Crippen molar-refractivity contribution in [2.24, 2.45) is 5.73 Å². The average molecular weight is 293 g/mol. The van der Waals surface area contributed by atoms with Gasteiger partial charge in [0.25, 0.3) is 11.8 Å². The Labute approximate surface area is 120 Å². The van der Waals surface area contributed by atoms with Crippen molar-refractivity contribution in [3.63, 3.8) is 0 Å². The zero-order chi connectivity index (χ0) is 14.7. The van der Waals surface area contributed by atoms with Gasteiger partial charge in [-0.1, -0.05) is 0 Å². The molecule has 0 saturated heterocycles. The van der Waals surface area contributed by atoms with Crippen molar-refractivity contribution in [2.75, 3.05) is 17.3 Å². The molecule has 1 aromatic rings. The monoisotopic (exact) mass is 293 g/mol. The number of carbonyl (C=O) groups is 3. The molecule has 0 unspecified atom stereocenters. The zero-order valence-corrected chi connectivity index (χ0v) is 11.8. The van der Waals surface area contributed by atoms with Gasteiger partial charge in [-0.3, -0.25) is 19.7 Å². The third-order valence-electron chi connectivity index (χ3n) is 2.97. The van der Waals surface area contributed by atoms with Crippen molar-refractivity contribution in [1.29, 1.82) is 0 Å². The Bertz CT molecular complexity index is 574. The summed E-state index contributed by atoms with van der Waals surface area (Å²) in [5.41, 5.74) is 6.80. The van der Waals surface area contributed by atoms with Gasteiger partial charge >= 0.3 is 0 Å². The second-order valence-electron chi connectivity index (χ2n) is 4.42. The third kappa shape index (κ3) is 3.00. The van der Waals surface area contributed by atoms with E-state index in [1.807, 2.05) is 6.26 Å². The van der Waals surface area contributed by atoms with Crippen molar-refractivity contribution < 1.29 is 14.4 Å². The van der Waals surface area contributed by atoms with Gasteiger partial charge in [0.1, 0.15) is 0 Å². The number of anilines is 1. The van der Waals surface area contributed by atoms with Gasteiger partial charge in [0.15, 0.2) is 0 Å². The van der Waals surface area contributed by atoms with E-state index in [-0.39, 0.29) is 11.5 Å². The van der Waals surface area contributed by atoms with Crippen LogP contribution in [-0.2, 0) is 4.79 Å². The first-order valence-corrected chi connectivity index (χ1v) is 7.47. The lowest BCUT2D eigenvalue weighted by molar-refractivity contribution is -0.117. The Hall–Kier alpha value is -1.86. The van der Waals surface area contributed by atoms with Crippen molar-refractivity contribution in [3.8, 4) is 0 Å². The normalized spacial score (nSPS) is 14.7. The molecule has 1 aliphatic rings. The smallest absolute Gasteiger partial charge is 0.259 e. The Morgan fingerprint density at radius 3 is 2.75 bits per heavy atom. The fourth-order valence-corrected chi connectivity index (χ4v) is 2.35. The number of hydrogen-bond donors (Lipinski definition) is 3. The molecule has 1 aromatic carbocycles. The number of benzene rings is 1. The average Bonchev–Trinajstić information content (AvgIpc) is 2.71. The van der Waals surface area contributed by atoms with Crippen LogP contribution >= 0.6 is 11.8 Å². The van der Waals surface area contributed by atoms with Gasteiger partial charge in [-0.05, 0) is 36.6 Å². The summed E-state index contributed by atoms with van der Waals surface area (Å²) in [7, 11) is 0. The van der Waals surface area contributed by atoms with Gasteiger partial charge < -0.3 is 11.1 Å². The van der Waals surface area contributed by atoms with Gasteiger partial charge in [0.2, 0.25) is 5.91 Å². The molecular formula is C13H15N3O3S. The lowest BCUT2D eigenvalue weighted by Gasteiger charge is -2.12. The number of carbonyl (C=O) groups excluding carboxylic acids is 3. The number of fused-ring (bicyclic) bond motifs is 1. The fourth-order valence-electron chi connectivity index (χ4n) is 1.86. The van der Waals surface area contributed by atoms with E-state index in [1.165, 1.54) is 12.1 Å². The molecule has 6 nitrogen and oxygen atoms in total. The van der Waals surface area contributed by atoms with E-state index in [0.29, 0.717) is 17.7 Å². The minimum atomic E-state index is -0.592. The summed E-state index contributed by atoms with van der Waals surface area (Å²) in [6.07, 6.45) is 2.53. The van der Waals surface area contributed by atoms with Gasteiger partial charge in [-0.25, -0.2) is 0 Å². The topological polar surface area (TPSA) is 101 Å². The van der Waals surface area contributed by atoms with Crippen molar-refractivity contribution in [3.05, 3.63) is 29.3 Å². The first-order valence-electron chi connectivity index (χ1n) is 6.08. The number of rotatable bonds is 5. The first-order chi connectivity index (χ1) is 9.52. The van der Waals surface area contributed by atoms with Crippen molar-refractivity contribution in [1.82, 2.24) is 5.32 Å². The molecule has 1 atom stereocenters. The Balaban J connectivity index is 2.08. The maximum atomic E-state index is 11.9. The molecule has 0 spiro atoms. The summed E-state index contributed by atoms with van der Waals surface area (Å²) < 4.78 is 0.